The lowest BCUT2D eigenvalue weighted by Crippen LogP contribution is -2.43. The van der Waals surface area contributed by atoms with Gasteiger partial charge in [0.05, 0.1) is 5.25 Å². The van der Waals surface area contributed by atoms with Gasteiger partial charge in [-0.15, -0.1) is 0 Å². The maximum absolute atomic E-state index is 11.9. The molecule has 3 fully saturated rings. The zero-order chi connectivity index (χ0) is 15.4. The fraction of sp³-hybridized carbons (Fsp3) is 0.692. The minimum absolute atomic E-state index is 0.00123. The van der Waals surface area contributed by atoms with Gasteiger partial charge in [-0.3, -0.25) is 13.8 Å². The van der Waals surface area contributed by atoms with Crippen LogP contribution in [0.15, 0.2) is 12.7 Å². The minimum Gasteiger partial charge on any atom is -0.458 e. The van der Waals surface area contributed by atoms with Crippen LogP contribution in [-0.2, 0) is 28.6 Å². The van der Waals surface area contributed by atoms with E-state index in [1.165, 1.54) is 0 Å². The van der Waals surface area contributed by atoms with E-state index < -0.39 is 39.5 Å². The van der Waals surface area contributed by atoms with Crippen molar-refractivity contribution in [2.75, 3.05) is 6.54 Å². The molecule has 1 heterocycles. The third-order valence-corrected chi connectivity index (χ3v) is 6.70. The Morgan fingerprint density at radius 1 is 1.43 bits per heavy atom. The molecule has 0 aromatic carbocycles. The molecule has 2 saturated carbocycles. The van der Waals surface area contributed by atoms with Crippen molar-refractivity contribution in [3.63, 3.8) is 0 Å². The van der Waals surface area contributed by atoms with Crippen molar-refractivity contribution in [3.05, 3.63) is 12.7 Å². The van der Waals surface area contributed by atoms with Crippen LogP contribution in [0.3, 0.4) is 0 Å². The van der Waals surface area contributed by atoms with Crippen molar-refractivity contribution in [3.8, 4) is 0 Å². The average molecular weight is 315 g/mol. The van der Waals surface area contributed by atoms with Gasteiger partial charge in [0.25, 0.3) is 10.1 Å². The van der Waals surface area contributed by atoms with Crippen LogP contribution in [0, 0.1) is 17.8 Å². The number of rotatable bonds is 4. The van der Waals surface area contributed by atoms with Crippen molar-refractivity contribution in [1.29, 1.82) is 0 Å². The molecule has 0 radical (unpaired) electrons. The lowest BCUT2D eigenvalue weighted by molar-refractivity contribution is -0.156. The first-order chi connectivity index (χ1) is 9.85. The summed E-state index contributed by atoms with van der Waals surface area (Å²) in [4.78, 5) is 22.8. The van der Waals surface area contributed by atoms with E-state index in [9.17, 15) is 18.0 Å². The Balaban J connectivity index is 1.67. The number of esters is 1. The molecule has 0 spiro atoms. The van der Waals surface area contributed by atoms with E-state index >= 15 is 0 Å². The summed E-state index contributed by atoms with van der Waals surface area (Å²) in [5.41, 5.74) is 0. The number of nitrogens with one attached hydrogen (secondary N) is 1. The van der Waals surface area contributed by atoms with E-state index in [4.69, 9.17) is 8.92 Å². The summed E-state index contributed by atoms with van der Waals surface area (Å²) in [5, 5.41) is 1.86. The second-order valence-electron chi connectivity index (χ2n) is 5.82. The van der Waals surface area contributed by atoms with E-state index in [-0.39, 0.29) is 24.3 Å². The third-order valence-electron chi connectivity index (χ3n) is 4.77. The van der Waals surface area contributed by atoms with Gasteiger partial charge in [0.2, 0.25) is 5.91 Å². The van der Waals surface area contributed by atoms with Crippen LogP contribution in [0.5, 0.6) is 0 Å². The molecule has 1 amide bonds. The molecule has 0 aromatic heterocycles. The quantitative estimate of drug-likeness (QED) is 0.430. The summed E-state index contributed by atoms with van der Waals surface area (Å²) in [7, 11) is -3.55. The summed E-state index contributed by atoms with van der Waals surface area (Å²) in [6.07, 6.45) is 0.642. The summed E-state index contributed by atoms with van der Waals surface area (Å²) < 4.78 is 34.4. The molecular weight excluding hydrogens is 298 g/mol. The molecule has 21 heavy (non-hydrogen) atoms. The van der Waals surface area contributed by atoms with Gasteiger partial charge in [0.15, 0.2) is 0 Å². The molecule has 6 atom stereocenters. The highest BCUT2D eigenvalue weighted by atomic mass is 32.2. The molecule has 0 aromatic rings. The van der Waals surface area contributed by atoms with Crippen molar-refractivity contribution in [2.45, 2.75) is 30.8 Å². The van der Waals surface area contributed by atoms with Crippen molar-refractivity contribution in [1.82, 2.24) is 5.32 Å². The first-order valence-corrected chi connectivity index (χ1v) is 8.34. The third kappa shape index (κ3) is 2.17. The predicted octanol–water partition coefficient (Wildman–Crippen LogP) is -0.417. The maximum atomic E-state index is 11.9. The Morgan fingerprint density at radius 3 is 2.81 bits per heavy atom. The number of amides is 1. The second-order valence-corrected chi connectivity index (χ2v) is 7.54. The highest BCUT2D eigenvalue weighted by molar-refractivity contribution is 7.87. The van der Waals surface area contributed by atoms with Crippen molar-refractivity contribution < 1.29 is 26.9 Å². The number of carbonyl (C=O) groups is 2. The maximum Gasteiger partial charge on any atom is 0.325 e. The highest BCUT2D eigenvalue weighted by Gasteiger charge is 2.68. The molecule has 3 aliphatic rings. The molecule has 7 nitrogen and oxygen atoms in total. The zero-order valence-corrected chi connectivity index (χ0v) is 12.3. The average Bonchev–Trinajstić information content (AvgIpc) is 2.98. The van der Waals surface area contributed by atoms with E-state index in [1.54, 1.807) is 0 Å². The van der Waals surface area contributed by atoms with E-state index in [0.717, 1.165) is 6.08 Å². The van der Waals surface area contributed by atoms with Crippen molar-refractivity contribution >= 4 is 22.0 Å². The summed E-state index contributed by atoms with van der Waals surface area (Å²) in [6.45, 7) is 4.87. The number of hydrogen-bond donors (Lipinski definition) is 1. The van der Waals surface area contributed by atoms with Gasteiger partial charge in [0.1, 0.15) is 18.8 Å². The van der Waals surface area contributed by atoms with Crippen molar-refractivity contribution in [2.24, 2.45) is 17.8 Å². The number of hydrogen-bond acceptors (Lipinski definition) is 6. The van der Waals surface area contributed by atoms with Gasteiger partial charge in [0, 0.05) is 11.8 Å². The number of ether oxygens (including phenoxy) is 1. The molecule has 3 rings (SSSR count). The van der Waals surface area contributed by atoms with E-state index in [0.29, 0.717) is 6.42 Å². The molecule has 2 bridgehead atoms. The minimum atomic E-state index is -3.55. The predicted molar refractivity (Wildman–Crippen MR) is 71.4 cm³/mol. The first-order valence-electron chi connectivity index (χ1n) is 6.87. The molecule has 1 N–H and O–H groups in total. The Kier molecular flexibility index (Phi) is 3.32. The van der Waals surface area contributed by atoms with Crippen LogP contribution in [0.25, 0.3) is 0 Å². The van der Waals surface area contributed by atoms with Crippen LogP contribution in [0.4, 0.5) is 0 Å². The van der Waals surface area contributed by atoms with Gasteiger partial charge >= 0.3 is 5.97 Å². The van der Waals surface area contributed by atoms with E-state index in [1.807, 2.05) is 6.92 Å². The van der Waals surface area contributed by atoms with Crippen LogP contribution in [0.2, 0.25) is 0 Å². The Morgan fingerprint density at radius 2 is 2.14 bits per heavy atom. The summed E-state index contributed by atoms with van der Waals surface area (Å²) >= 11 is 0. The Bertz CT molecular complexity index is 600. The SMILES string of the molecule is C=CC(=O)NCC(=O)OC1C2CC3C1OS(=O)(=O)C3C2C. The number of carbonyl (C=O) groups excluding carboxylic acids is 2. The topological polar surface area (TPSA) is 98.8 Å². The Hall–Kier alpha value is -1.41. The largest absolute Gasteiger partial charge is 0.458 e. The lowest BCUT2D eigenvalue weighted by Gasteiger charge is -2.29. The number of fused-ring (bicyclic) bond motifs is 1. The monoisotopic (exact) mass is 315 g/mol. The zero-order valence-electron chi connectivity index (χ0n) is 11.5. The molecule has 1 aliphatic heterocycles. The molecule has 116 valence electrons. The summed E-state index contributed by atoms with van der Waals surface area (Å²) in [5.74, 6) is -1.23. The van der Waals surface area contributed by atoms with Crippen LogP contribution in [-0.4, -0.2) is 44.3 Å². The van der Waals surface area contributed by atoms with Crippen LogP contribution < -0.4 is 5.32 Å². The summed E-state index contributed by atoms with van der Waals surface area (Å²) in [6, 6.07) is 0. The second kappa shape index (κ2) is 4.81. The molecule has 1 saturated heterocycles. The van der Waals surface area contributed by atoms with Gasteiger partial charge < -0.3 is 10.1 Å². The molecular formula is C13H17NO6S. The van der Waals surface area contributed by atoms with Gasteiger partial charge in [-0.05, 0) is 18.4 Å². The van der Waals surface area contributed by atoms with Crippen LogP contribution >= 0.6 is 0 Å². The normalized spacial score (nSPS) is 41.8. The highest BCUT2D eigenvalue weighted by Crippen LogP contribution is 2.58. The van der Waals surface area contributed by atoms with E-state index in [2.05, 4.69) is 11.9 Å². The first kappa shape index (κ1) is 14.5. The fourth-order valence-corrected chi connectivity index (χ4v) is 6.05. The smallest absolute Gasteiger partial charge is 0.325 e. The molecule has 2 aliphatic carbocycles. The van der Waals surface area contributed by atoms with Gasteiger partial charge in [-0.2, -0.15) is 8.42 Å². The van der Waals surface area contributed by atoms with Crippen LogP contribution in [0.1, 0.15) is 13.3 Å². The molecule has 8 heteroatoms. The van der Waals surface area contributed by atoms with Gasteiger partial charge in [-0.25, -0.2) is 0 Å². The van der Waals surface area contributed by atoms with Gasteiger partial charge in [-0.1, -0.05) is 13.5 Å². The Labute approximate surface area is 122 Å². The standard InChI is InChI=1S/C13H17NO6S/c1-3-9(15)14-5-10(16)19-11-7-4-8-12(11)20-21(17,18)13(8)6(7)2/h3,6-8,11-13H,1,4-5H2,2H3,(H,14,15). The lowest BCUT2D eigenvalue weighted by atomic mass is 9.86. The fourth-order valence-electron chi connectivity index (χ4n) is 3.94. The molecule has 6 unspecified atom stereocenters.